The Kier molecular flexibility index (Phi) is 4.49. The van der Waals surface area contributed by atoms with Crippen LogP contribution in [0, 0.1) is 11.6 Å². The second-order valence-corrected chi connectivity index (χ2v) is 4.60. The highest BCUT2D eigenvalue weighted by atomic mass is 19.4. The third kappa shape index (κ3) is 3.94. The average molecular weight is 328 g/mol. The first-order valence-electron chi connectivity index (χ1n) is 6.26. The topological polar surface area (TPSA) is 37.3 Å². The lowest BCUT2D eigenvalue weighted by Gasteiger charge is -2.06. The molecule has 0 radical (unpaired) electrons. The number of phenols is 1. The lowest BCUT2D eigenvalue weighted by atomic mass is 10.1. The van der Waals surface area contributed by atoms with Crippen molar-refractivity contribution in [2.24, 2.45) is 0 Å². The molecule has 7 heteroatoms. The molecule has 2 rings (SSSR count). The van der Waals surface area contributed by atoms with Crippen molar-refractivity contribution in [3.8, 4) is 5.75 Å². The summed E-state index contributed by atoms with van der Waals surface area (Å²) in [5, 5.41) is 9.42. The van der Waals surface area contributed by atoms with Crippen molar-refractivity contribution in [3.05, 3.63) is 70.8 Å². The van der Waals surface area contributed by atoms with Crippen molar-refractivity contribution in [3.63, 3.8) is 0 Å². The van der Waals surface area contributed by atoms with E-state index in [9.17, 15) is 31.9 Å². The van der Waals surface area contributed by atoms with E-state index in [1.165, 1.54) is 12.1 Å². The monoisotopic (exact) mass is 328 g/mol. The van der Waals surface area contributed by atoms with Crippen LogP contribution in [0.3, 0.4) is 0 Å². The molecule has 0 unspecified atom stereocenters. The first-order chi connectivity index (χ1) is 10.7. The van der Waals surface area contributed by atoms with E-state index in [0.717, 1.165) is 24.3 Å². The maximum absolute atomic E-state index is 13.1. The fraction of sp³-hybridized carbons (Fsp3) is 0.0625. The van der Waals surface area contributed by atoms with E-state index >= 15 is 0 Å². The van der Waals surface area contributed by atoms with Crippen LogP contribution in [0.5, 0.6) is 5.75 Å². The van der Waals surface area contributed by atoms with E-state index in [1.54, 1.807) is 0 Å². The molecule has 0 aliphatic carbocycles. The Morgan fingerprint density at radius 1 is 1.04 bits per heavy atom. The summed E-state index contributed by atoms with van der Waals surface area (Å²) in [5.41, 5.74) is -1.29. The van der Waals surface area contributed by atoms with Gasteiger partial charge in [-0.2, -0.15) is 13.2 Å². The third-order valence-electron chi connectivity index (χ3n) is 2.95. The van der Waals surface area contributed by atoms with Gasteiger partial charge in [-0.3, -0.25) is 4.79 Å². The van der Waals surface area contributed by atoms with Gasteiger partial charge in [0.25, 0.3) is 0 Å². The van der Waals surface area contributed by atoms with Crippen LogP contribution in [0.4, 0.5) is 22.0 Å². The van der Waals surface area contributed by atoms with Gasteiger partial charge >= 0.3 is 6.18 Å². The first kappa shape index (κ1) is 16.7. The van der Waals surface area contributed by atoms with Gasteiger partial charge in [0, 0.05) is 6.07 Å². The Bertz CT molecular complexity index is 779. The molecule has 1 N–H and O–H groups in total. The van der Waals surface area contributed by atoms with E-state index < -0.39 is 40.5 Å². The number of carbonyl (C=O) groups is 1. The summed E-state index contributed by atoms with van der Waals surface area (Å²) >= 11 is 0. The summed E-state index contributed by atoms with van der Waals surface area (Å²) in [5.74, 6) is -4.28. The van der Waals surface area contributed by atoms with Gasteiger partial charge in [0.1, 0.15) is 5.75 Å². The Labute approximate surface area is 127 Å². The Morgan fingerprint density at radius 2 is 1.70 bits per heavy atom. The molecule has 0 saturated heterocycles. The zero-order valence-corrected chi connectivity index (χ0v) is 11.4. The van der Waals surface area contributed by atoms with Gasteiger partial charge in [-0.15, -0.1) is 0 Å². The van der Waals surface area contributed by atoms with Crippen molar-refractivity contribution in [1.82, 2.24) is 0 Å². The average Bonchev–Trinajstić information content (AvgIpc) is 2.48. The molecule has 0 heterocycles. The van der Waals surface area contributed by atoms with Gasteiger partial charge in [-0.25, -0.2) is 8.78 Å². The molecule has 0 aromatic heterocycles. The molecular weight excluding hydrogens is 319 g/mol. The number of ketones is 1. The maximum atomic E-state index is 13.1. The molecule has 0 aliphatic heterocycles. The van der Waals surface area contributed by atoms with E-state index in [1.807, 2.05) is 0 Å². The molecule has 120 valence electrons. The van der Waals surface area contributed by atoms with Crippen LogP contribution < -0.4 is 0 Å². The van der Waals surface area contributed by atoms with E-state index in [0.29, 0.717) is 12.1 Å². The predicted molar refractivity (Wildman–Crippen MR) is 72.8 cm³/mol. The zero-order chi connectivity index (χ0) is 17.2. The lowest BCUT2D eigenvalue weighted by molar-refractivity contribution is -0.137. The molecule has 0 fully saturated rings. The minimum absolute atomic E-state index is 0.0928. The van der Waals surface area contributed by atoms with Crippen LogP contribution in [-0.2, 0) is 6.18 Å². The van der Waals surface area contributed by atoms with Crippen LogP contribution in [0.1, 0.15) is 21.5 Å². The van der Waals surface area contributed by atoms with Crippen molar-refractivity contribution < 1.29 is 31.9 Å². The Hall–Kier alpha value is -2.70. The van der Waals surface area contributed by atoms with Crippen molar-refractivity contribution in [2.45, 2.75) is 6.18 Å². The van der Waals surface area contributed by atoms with Gasteiger partial charge in [0.2, 0.25) is 0 Å². The fourth-order valence-corrected chi connectivity index (χ4v) is 1.81. The number of rotatable bonds is 3. The summed E-state index contributed by atoms with van der Waals surface area (Å²) in [7, 11) is 0. The number of phenolic OH excluding ortho intramolecular Hbond substituents is 1. The molecule has 2 aromatic rings. The van der Waals surface area contributed by atoms with Crippen molar-refractivity contribution >= 4 is 11.9 Å². The second kappa shape index (κ2) is 6.20. The van der Waals surface area contributed by atoms with E-state index in [4.69, 9.17) is 0 Å². The maximum Gasteiger partial charge on any atom is 0.416 e. The van der Waals surface area contributed by atoms with Gasteiger partial charge in [0.05, 0.1) is 11.1 Å². The number of allylic oxidation sites excluding steroid dienone is 1. The molecule has 0 spiro atoms. The number of carbonyl (C=O) groups excluding carboxylic acids is 1. The number of benzene rings is 2. The Balaban J connectivity index is 2.27. The summed E-state index contributed by atoms with van der Waals surface area (Å²) in [4.78, 5) is 11.8. The lowest BCUT2D eigenvalue weighted by Crippen LogP contribution is -2.04. The summed E-state index contributed by atoms with van der Waals surface area (Å²) in [6, 6.07) is 5.17. The number of alkyl halides is 3. The second-order valence-electron chi connectivity index (χ2n) is 4.60. The van der Waals surface area contributed by atoms with E-state index in [-0.39, 0.29) is 5.56 Å². The number of hydrogen-bond donors (Lipinski definition) is 1. The summed E-state index contributed by atoms with van der Waals surface area (Å²) in [6.07, 6.45) is -2.58. The van der Waals surface area contributed by atoms with Crippen LogP contribution in [-0.4, -0.2) is 10.9 Å². The van der Waals surface area contributed by atoms with Gasteiger partial charge in [-0.1, -0.05) is 18.2 Å². The highest BCUT2D eigenvalue weighted by molar-refractivity contribution is 6.08. The normalized spacial score (nSPS) is 11.9. The fourth-order valence-electron chi connectivity index (χ4n) is 1.81. The number of aromatic hydroxyl groups is 1. The highest BCUT2D eigenvalue weighted by Gasteiger charge is 2.30. The smallest absolute Gasteiger partial charge is 0.416 e. The van der Waals surface area contributed by atoms with Crippen molar-refractivity contribution in [1.29, 1.82) is 0 Å². The molecule has 0 atom stereocenters. The van der Waals surface area contributed by atoms with Gasteiger partial charge < -0.3 is 5.11 Å². The number of hydrogen-bond acceptors (Lipinski definition) is 2. The SMILES string of the molecule is O=C(C=Cc1cccc(C(F)(F)F)c1)c1cc(F)c(F)cc1O. The summed E-state index contributed by atoms with van der Waals surface area (Å²) in [6.45, 7) is 0. The van der Waals surface area contributed by atoms with Crippen LogP contribution in [0.2, 0.25) is 0 Å². The largest absolute Gasteiger partial charge is 0.507 e. The molecule has 0 aliphatic rings. The quantitative estimate of drug-likeness (QED) is 0.508. The molecule has 0 amide bonds. The number of halogens is 5. The molecule has 2 aromatic carbocycles. The molecule has 23 heavy (non-hydrogen) atoms. The van der Waals surface area contributed by atoms with E-state index in [2.05, 4.69) is 0 Å². The minimum atomic E-state index is -4.52. The molecule has 0 bridgehead atoms. The first-order valence-corrected chi connectivity index (χ1v) is 6.26. The highest BCUT2D eigenvalue weighted by Crippen LogP contribution is 2.30. The van der Waals surface area contributed by atoms with Crippen LogP contribution in [0.25, 0.3) is 6.08 Å². The van der Waals surface area contributed by atoms with Gasteiger partial charge in [0.15, 0.2) is 17.4 Å². The zero-order valence-electron chi connectivity index (χ0n) is 11.4. The van der Waals surface area contributed by atoms with Crippen LogP contribution >= 0.6 is 0 Å². The predicted octanol–water partition coefficient (Wildman–Crippen LogP) is 4.59. The minimum Gasteiger partial charge on any atom is -0.507 e. The standard InChI is InChI=1S/C16H9F5O2/c17-12-7-11(15(23)8-13(12)18)14(22)5-4-9-2-1-3-10(6-9)16(19,20)21/h1-8,23H. The Morgan fingerprint density at radius 3 is 2.35 bits per heavy atom. The molecule has 2 nitrogen and oxygen atoms in total. The summed E-state index contributed by atoms with van der Waals surface area (Å²) < 4.78 is 63.6. The van der Waals surface area contributed by atoms with Crippen molar-refractivity contribution in [2.75, 3.05) is 0 Å². The molecule has 0 saturated carbocycles. The van der Waals surface area contributed by atoms with Gasteiger partial charge in [-0.05, 0) is 29.8 Å². The van der Waals surface area contributed by atoms with Crippen LogP contribution in [0.15, 0.2) is 42.5 Å². The molecular formula is C16H9F5O2. The third-order valence-corrected chi connectivity index (χ3v) is 2.95.